The molecule has 1 aliphatic rings. The van der Waals surface area contributed by atoms with Crippen molar-refractivity contribution in [1.82, 2.24) is 20.6 Å². The molecule has 0 saturated heterocycles. The third-order valence-electron chi connectivity index (χ3n) is 4.52. The Balaban J connectivity index is 1.84. The van der Waals surface area contributed by atoms with Gasteiger partial charge in [-0.15, -0.1) is 0 Å². The molecule has 0 radical (unpaired) electrons. The number of ketones is 1. The zero-order valence-electron chi connectivity index (χ0n) is 14.7. The maximum absolute atomic E-state index is 12.5. The molecule has 142 valence electrons. The summed E-state index contributed by atoms with van der Waals surface area (Å²) in [5, 5.41) is 14.8. The van der Waals surface area contributed by atoms with Crippen molar-refractivity contribution < 1.29 is 19.5 Å². The summed E-state index contributed by atoms with van der Waals surface area (Å²) in [5.41, 5.74) is 5.73. The van der Waals surface area contributed by atoms with Crippen molar-refractivity contribution in [3.8, 4) is 0 Å². The van der Waals surface area contributed by atoms with E-state index in [1.807, 2.05) is 0 Å². The number of aliphatic hydroxyl groups is 1. The Labute approximate surface area is 151 Å². The molecular formula is C17H25N5O4. The maximum Gasteiger partial charge on any atom is 0.271 e. The maximum atomic E-state index is 12.5. The topological polar surface area (TPSA) is 147 Å². The van der Waals surface area contributed by atoms with E-state index >= 15 is 0 Å². The van der Waals surface area contributed by atoms with E-state index in [0.717, 1.165) is 0 Å². The molecule has 0 aromatic carbocycles. The second-order valence-electron chi connectivity index (χ2n) is 6.55. The lowest BCUT2D eigenvalue weighted by atomic mass is 9.81. The van der Waals surface area contributed by atoms with Gasteiger partial charge in [-0.1, -0.05) is 0 Å². The molecule has 1 fully saturated rings. The number of aliphatic hydroxyl groups excluding tert-OH is 1. The highest BCUT2D eigenvalue weighted by Gasteiger charge is 2.32. The van der Waals surface area contributed by atoms with Crippen molar-refractivity contribution in [1.29, 1.82) is 0 Å². The Kier molecular flexibility index (Phi) is 7.16. The van der Waals surface area contributed by atoms with Crippen LogP contribution in [0.25, 0.3) is 0 Å². The molecule has 1 aromatic rings. The first-order chi connectivity index (χ1) is 12.4. The van der Waals surface area contributed by atoms with Crippen molar-refractivity contribution in [2.24, 2.45) is 11.7 Å². The molecule has 5 N–H and O–H groups in total. The zero-order valence-corrected chi connectivity index (χ0v) is 14.7. The lowest BCUT2D eigenvalue weighted by Crippen LogP contribution is -2.51. The van der Waals surface area contributed by atoms with Gasteiger partial charge in [-0.05, 0) is 32.6 Å². The number of hydrogen-bond donors (Lipinski definition) is 4. The Morgan fingerprint density at radius 3 is 2.50 bits per heavy atom. The second-order valence-corrected chi connectivity index (χ2v) is 6.55. The SMILES string of the molecule is C[C@H](N)C(=O)N[C@@H](CO)C(=O)C1CCC(NC(=O)c2cnccn2)CC1. The summed E-state index contributed by atoms with van der Waals surface area (Å²) in [6.07, 6.45) is 6.79. The van der Waals surface area contributed by atoms with Gasteiger partial charge in [0.1, 0.15) is 11.7 Å². The number of Topliss-reactive ketones (excluding diaryl/α,β-unsaturated/α-hetero) is 1. The van der Waals surface area contributed by atoms with Gasteiger partial charge in [0.2, 0.25) is 5.91 Å². The fourth-order valence-corrected chi connectivity index (χ4v) is 2.99. The van der Waals surface area contributed by atoms with E-state index in [-0.39, 0.29) is 29.3 Å². The first-order valence-corrected chi connectivity index (χ1v) is 8.69. The van der Waals surface area contributed by atoms with Gasteiger partial charge in [0.05, 0.1) is 18.8 Å². The van der Waals surface area contributed by atoms with Crippen molar-refractivity contribution in [3.63, 3.8) is 0 Å². The average molecular weight is 363 g/mol. The molecule has 0 aliphatic heterocycles. The summed E-state index contributed by atoms with van der Waals surface area (Å²) in [4.78, 5) is 44.1. The largest absolute Gasteiger partial charge is 0.394 e. The minimum atomic E-state index is -0.941. The standard InChI is InChI=1S/C17H25N5O4/c1-10(18)16(25)22-14(9-23)15(24)11-2-4-12(5-3-11)21-17(26)13-8-19-6-7-20-13/h6-8,10-12,14,23H,2-5,9,18H2,1H3,(H,21,26)(H,22,25)/t10-,11?,12?,14-/m0/s1. The van der Waals surface area contributed by atoms with Crippen LogP contribution in [0.5, 0.6) is 0 Å². The minimum Gasteiger partial charge on any atom is -0.394 e. The van der Waals surface area contributed by atoms with Crippen LogP contribution in [0.2, 0.25) is 0 Å². The lowest BCUT2D eigenvalue weighted by Gasteiger charge is -2.30. The van der Waals surface area contributed by atoms with Crippen LogP contribution in [0.1, 0.15) is 43.1 Å². The molecule has 1 heterocycles. The van der Waals surface area contributed by atoms with Gasteiger partial charge < -0.3 is 21.5 Å². The predicted octanol–water partition coefficient (Wildman–Crippen LogP) is -0.841. The third kappa shape index (κ3) is 5.30. The summed E-state index contributed by atoms with van der Waals surface area (Å²) < 4.78 is 0. The summed E-state index contributed by atoms with van der Waals surface area (Å²) in [7, 11) is 0. The highest BCUT2D eigenvalue weighted by Crippen LogP contribution is 2.26. The summed E-state index contributed by atoms with van der Waals surface area (Å²) in [5.74, 6) is -1.21. The monoisotopic (exact) mass is 363 g/mol. The van der Waals surface area contributed by atoms with Crippen LogP contribution in [0.3, 0.4) is 0 Å². The number of nitrogens with two attached hydrogens (primary N) is 1. The molecule has 0 spiro atoms. The molecule has 9 heteroatoms. The summed E-state index contributed by atoms with van der Waals surface area (Å²) in [6, 6.07) is -1.73. The minimum absolute atomic E-state index is 0.0419. The van der Waals surface area contributed by atoms with Gasteiger partial charge in [-0.25, -0.2) is 4.98 Å². The van der Waals surface area contributed by atoms with Crippen LogP contribution in [0, 0.1) is 5.92 Å². The van der Waals surface area contributed by atoms with Crippen molar-refractivity contribution >= 4 is 17.6 Å². The number of nitrogens with zero attached hydrogens (tertiary/aromatic N) is 2. The van der Waals surface area contributed by atoms with E-state index in [4.69, 9.17) is 5.73 Å². The number of carbonyl (C=O) groups excluding carboxylic acids is 3. The smallest absolute Gasteiger partial charge is 0.271 e. The van der Waals surface area contributed by atoms with Crippen molar-refractivity contribution in [3.05, 3.63) is 24.3 Å². The van der Waals surface area contributed by atoms with E-state index < -0.39 is 24.6 Å². The van der Waals surface area contributed by atoms with Crippen LogP contribution in [0.15, 0.2) is 18.6 Å². The normalized spacial score (nSPS) is 22.1. The fraction of sp³-hybridized carbons (Fsp3) is 0.588. The van der Waals surface area contributed by atoms with Crippen molar-refractivity contribution in [2.45, 2.75) is 50.7 Å². The number of hydrogen-bond acceptors (Lipinski definition) is 7. The first kappa shape index (κ1) is 19.9. The van der Waals surface area contributed by atoms with Crippen LogP contribution in [-0.2, 0) is 9.59 Å². The van der Waals surface area contributed by atoms with Gasteiger partial charge in [-0.2, -0.15) is 0 Å². The fourth-order valence-electron chi connectivity index (χ4n) is 2.99. The number of carbonyl (C=O) groups is 3. The lowest BCUT2D eigenvalue weighted by molar-refractivity contribution is -0.132. The molecule has 26 heavy (non-hydrogen) atoms. The molecular weight excluding hydrogens is 338 g/mol. The molecule has 1 aliphatic carbocycles. The number of aromatic nitrogens is 2. The molecule has 0 unspecified atom stereocenters. The average Bonchev–Trinajstić information content (AvgIpc) is 2.66. The van der Waals surface area contributed by atoms with Gasteiger partial charge in [0.15, 0.2) is 5.78 Å². The van der Waals surface area contributed by atoms with E-state index in [1.54, 1.807) is 0 Å². The Hall–Kier alpha value is -2.39. The number of nitrogens with one attached hydrogen (secondary N) is 2. The highest BCUT2D eigenvalue weighted by molar-refractivity contribution is 5.93. The predicted molar refractivity (Wildman–Crippen MR) is 92.9 cm³/mol. The molecule has 0 bridgehead atoms. The van der Waals surface area contributed by atoms with Gasteiger partial charge in [-0.3, -0.25) is 19.4 Å². The first-order valence-electron chi connectivity index (χ1n) is 8.69. The molecule has 1 saturated carbocycles. The van der Waals surface area contributed by atoms with Crippen molar-refractivity contribution in [2.75, 3.05) is 6.61 Å². The Morgan fingerprint density at radius 2 is 1.96 bits per heavy atom. The third-order valence-corrected chi connectivity index (χ3v) is 4.52. The molecule has 2 amide bonds. The summed E-state index contributed by atoms with van der Waals surface area (Å²) in [6.45, 7) is 1.06. The second kappa shape index (κ2) is 9.35. The van der Waals surface area contributed by atoms with Crippen LogP contribution >= 0.6 is 0 Å². The van der Waals surface area contributed by atoms with E-state index in [9.17, 15) is 19.5 Å². The van der Waals surface area contributed by atoms with Gasteiger partial charge >= 0.3 is 0 Å². The van der Waals surface area contributed by atoms with Crippen LogP contribution in [-0.4, -0.2) is 57.4 Å². The van der Waals surface area contributed by atoms with E-state index in [1.165, 1.54) is 25.5 Å². The van der Waals surface area contributed by atoms with Gasteiger partial charge in [0, 0.05) is 24.4 Å². The molecule has 1 aromatic heterocycles. The number of rotatable bonds is 7. The number of amides is 2. The summed E-state index contributed by atoms with van der Waals surface area (Å²) >= 11 is 0. The quantitative estimate of drug-likeness (QED) is 0.494. The van der Waals surface area contributed by atoms with Crippen LogP contribution in [0.4, 0.5) is 0 Å². The highest BCUT2D eigenvalue weighted by atomic mass is 16.3. The Bertz CT molecular complexity index is 629. The van der Waals surface area contributed by atoms with Gasteiger partial charge in [0.25, 0.3) is 5.91 Å². The Morgan fingerprint density at radius 1 is 1.27 bits per heavy atom. The zero-order chi connectivity index (χ0) is 19.1. The molecule has 2 atom stereocenters. The molecule has 9 nitrogen and oxygen atoms in total. The van der Waals surface area contributed by atoms with Crippen LogP contribution < -0.4 is 16.4 Å². The van der Waals surface area contributed by atoms with E-state index in [2.05, 4.69) is 20.6 Å². The van der Waals surface area contributed by atoms with E-state index in [0.29, 0.717) is 25.7 Å². The molecule has 2 rings (SSSR count).